The molecule has 0 saturated heterocycles. The van der Waals surface area contributed by atoms with E-state index in [0.717, 1.165) is 12.0 Å². The zero-order chi connectivity index (χ0) is 17.0. The van der Waals surface area contributed by atoms with Crippen LogP contribution in [0.5, 0.6) is 0 Å². The number of nitrogens with zero attached hydrogens (tertiary/aromatic N) is 3. The molecular weight excluding hydrogens is 298 g/mol. The molecule has 1 amide bonds. The summed E-state index contributed by atoms with van der Waals surface area (Å²) in [5, 5.41) is 19.5. The Morgan fingerprint density at radius 2 is 2.13 bits per heavy atom. The van der Waals surface area contributed by atoms with Gasteiger partial charge in [0.15, 0.2) is 5.69 Å². The first-order valence-electron chi connectivity index (χ1n) is 7.24. The van der Waals surface area contributed by atoms with Crippen molar-refractivity contribution in [2.75, 3.05) is 12.3 Å². The Morgan fingerprint density at radius 3 is 2.74 bits per heavy atom. The number of carboxylic acid groups (broad SMARTS) is 1. The number of nitrogens with two attached hydrogens (primary N) is 1. The number of hydrogen-bond donors (Lipinski definition) is 3. The van der Waals surface area contributed by atoms with Gasteiger partial charge in [0.05, 0.1) is 0 Å². The molecular formula is C15H19N5O3. The number of benzene rings is 1. The van der Waals surface area contributed by atoms with Crippen LogP contribution in [0.15, 0.2) is 18.2 Å². The highest BCUT2D eigenvalue weighted by Crippen LogP contribution is 2.26. The Kier molecular flexibility index (Phi) is 4.95. The normalized spacial score (nSPS) is 10.5. The summed E-state index contributed by atoms with van der Waals surface area (Å²) in [5.74, 6) is -1.46. The molecule has 0 aliphatic carbocycles. The molecule has 1 aromatic heterocycles. The number of nitrogen functional groups attached to an aromatic ring is 1. The number of hydrogen-bond acceptors (Lipinski definition) is 5. The van der Waals surface area contributed by atoms with Gasteiger partial charge >= 0.3 is 5.97 Å². The number of aryl methyl sites for hydroxylation is 1. The largest absolute Gasteiger partial charge is 0.476 e. The van der Waals surface area contributed by atoms with Gasteiger partial charge in [-0.2, -0.15) is 0 Å². The molecule has 1 heterocycles. The van der Waals surface area contributed by atoms with Crippen molar-refractivity contribution >= 4 is 17.6 Å². The van der Waals surface area contributed by atoms with E-state index in [4.69, 9.17) is 5.73 Å². The third kappa shape index (κ3) is 3.65. The molecule has 2 aromatic rings. The summed E-state index contributed by atoms with van der Waals surface area (Å²) in [5.41, 5.74) is 7.91. The minimum atomic E-state index is -1.21. The molecule has 4 N–H and O–H groups in total. The molecule has 23 heavy (non-hydrogen) atoms. The van der Waals surface area contributed by atoms with E-state index in [9.17, 15) is 14.7 Å². The summed E-state index contributed by atoms with van der Waals surface area (Å²) in [6.45, 7) is 4.24. The first-order chi connectivity index (χ1) is 10.9. The average Bonchev–Trinajstić information content (AvgIpc) is 2.91. The Labute approximate surface area is 133 Å². The Hall–Kier alpha value is -2.90. The summed E-state index contributed by atoms with van der Waals surface area (Å²) >= 11 is 0. The van der Waals surface area contributed by atoms with Crippen LogP contribution in [0.2, 0.25) is 0 Å². The summed E-state index contributed by atoms with van der Waals surface area (Å²) < 4.78 is 1.28. The number of amides is 1. The molecule has 0 atom stereocenters. The maximum atomic E-state index is 11.9. The minimum absolute atomic E-state index is 0.108. The fourth-order valence-corrected chi connectivity index (χ4v) is 2.10. The smallest absolute Gasteiger partial charge is 0.358 e. The van der Waals surface area contributed by atoms with E-state index in [0.29, 0.717) is 17.8 Å². The molecule has 0 unspecified atom stereocenters. The van der Waals surface area contributed by atoms with Gasteiger partial charge in [-0.05, 0) is 25.0 Å². The number of carbonyl (C=O) groups excluding carboxylic acids is 1. The minimum Gasteiger partial charge on any atom is -0.476 e. The van der Waals surface area contributed by atoms with Gasteiger partial charge in [0.1, 0.15) is 12.2 Å². The molecule has 0 spiro atoms. The Morgan fingerprint density at radius 1 is 1.39 bits per heavy atom. The standard InChI is InChI=1S/C15H19N5O3/c1-3-6-17-12(21)8-20-14(13(15(22)23)18-19-20)10-5-4-9(2)11(16)7-10/h4-5,7H,3,6,8,16H2,1-2H3,(H,17,21)(H,22,23). The number of aromatic nitrogens is 3. The number of rotatable bonds is 6. The SMILES string of the molecule is CCCNC(=O)Cn1nnc(C(=O)O)c1-c1ccc(C)c(N)c1. The fourth-order valence-electron chi connectivity index (χ4n) is 2.10. The van der Waals surface area contributed by atoms with Gasteiger partial charge < -0.3 is 16.2 Å². The lowest BCUT2D eigenvalue weighted by Crippen LogP contribution is -2.28. The number of carboxylic acids is 1. The number of nitrogens with one attached hydrogen (secondary N) is 1. The highest BCUT2D eigenvalue weighted by molar-refractivity contribution is 5.93. The molecule has 0 aliphatic heterocycles. The molecule has 0 fully saturated rings. The van der Waals surface area contributed by atoms with Gasteiger partial charge in [-0.3, -0.25) is 4.79 Å². The quantitative estimate of drug-likeness (QED) is 0.685. The second-order valence-electron chi connectivity index (χ2n) is 5.17. The lowest BCUT2D eigenvalue weighted by Gasteiger charge is -2.09. The average molecular weight is 317 g/mol. The second kappa shape index (κ2) is 6.91. The van der Waals surface area contributed by atoms with Crippen molar-refractivity contribution in [3.8, 4) is 11.3 Å². The van der Waals surface area contributed by atoms with Crippen LogP contribution in [0.3, 0.4) is 0 Å². The number of carbonyl (C=O) groups is 2. The zero-order valence-corrected chi connectivity index (χ0v) is 13.0. The van der Waals surface area contributed by atoms with Crippen molar-refractivity contribution in [1.82, 2.24) is 20.3 Å². The Balaban J connectivity index is 2.42. The van der Waals surface area contributed by atoms with Crippen molar-refractivity contribution < 1.29 is 14.7 Å². The monoisotopic (exact) mass is 317 g/mol. The predicted molar refractivity (Wildman–Crippen MR) is 84.9 cm³/mol. The van der Waals surface area contributed by atoms with Gasteiger partial charge in [0.2, 0.25) is 5.91 Å². The lowest BCUT2D eigenvalue weighted by atomic mass is 10.1. The van der Waals surface area contributed by atoms with E-state index in [1.165, 1.54) is 4.68 Å². The lowest BCUT2D eigenvalue weighted by molar-refractivity contribution is -0.121. The number of aromatic carboxylic acids is 1. The third-order valence-electron chi connectivity index (χ3n) is 3.36. The van der Waals surface area contributed by atoms with Gasteiger partial charge in [0.25, 0.3) is 0 Å². The van der Waals surface area contributed by atoms with Crippen LogP contribution in [0.4, 0.5) is 5.69 Å². The summed E-state index contributed by atoms with van der Waals surface area (Å²) in [6.07, 6.45) is 0.810. The Bertz CT molecular complexity index is 739. The van der Waals surface area contributed by atoms with E-state index in [2.05, 4.69) is 15.6 Å². The topological polar surface area (TPSA) is 123 Å². The van der Waals surface area contributed by atoms with Crippen LogP contribution in [0.1, 0.15) is 29.4 Å². The molecule has 0 saturated carbocycles. The zero-order valence-electron chi connectivity index (χ0n) is 13.0. The van der Waals surface area contributed by atoms with Gasteiger partial charge in [-0.25, -0.2) is 9.48 Å². The summed E-state index contributed by atoms with van der Waals surface area (Å²) in [4.78, 5) is 23.3. The molecule has 0 bridgehead atoms. The van der Waals surface area contributed by atoms with E-state index < -0.39 is 5.97 Å². The van der Waals surface area contributed by atoms with Gasteiger partial charge in [-0.15, -0.1) is 5.10 Å². The fraction of sp³-hybridized carbons (Fsp3) is 0.333. The van der Waals surface area contributed by atoms with Gasteiger partial charge in [-0.1, -0.05) is 24.3 Å². The van der Waals surface area contributed by atoms with E-state index in [-0.39, 0.29) is 23.8 Å². The van der Waals surface area contributed by atoms with E-state index >= 15 is 0 Å². The van der Waals surface area contributed by atoms with Crippen LogP contribution in [-0.2, 0) is 11.3 Å². The van der Waals surface area contributed by atoms with Crippen LogP contribution in [0, 0.1) is 6.92 Å². The summed E-state index contributed by atoms with van der Waals surface area (Å²) in [7, 11) is 0. The van der Waals surface area contributed by atoms with Crippen LogP contribution < -0.4 is 11.1 Å². The molecule has 0 radical (unpaired) electrons. The molecule has 8 nitrogen and oxygen atoms in total. The maximum absolute atomic E-state index is 11.9. The van der Waals surface area contributed by atoms with Crippen molar-refractivity contribution in [2.24, 2.45) is 0 Å². The number of anilines is 1. The first-order valence-corrected chi connectivity index (χ1v) is 7.24. The second-order valence-corrected chi connectivity index (χ2v) is 5.17. The predicted octanol–water partition coefficient (Wildman–Crippen LogP) is 1.06. The van der Waals surface area contributed by atoms with E-state index in [1.807, 2.05) is 13.8 Å². The maximum Gasteiger partial charge on any atom is 0.358 e. The van der Waals surface area contributed by atoms with Crippen LogP contribution in [-0.4, -0.2) is 38.5 Å². The molecule has 122 valence electrons. The molecule has 8 heteroatoms. The highest BCUT2D eigenvalue weighted by atomic mass is 16.4. The van der Waals surface area contributed by atoms with Crippen molar-refractivity contribution in [2.45, 2.75) is 26.8 Å². The summed E-state index contributed by atoms with van der Waals surface area (Å²) in [6, 6.07) is 5.17. The van der Waals surface area contributed by atoms with Crippen molar-refractivity contribution in [1.29, 1.82) is 0 Å². The van der Waals surface area contributed by atoms with Crippen LogP contribution >= 0.6 is 0 Å². The first kappa shape index (κ1) is 16.5. The van der Waals surface area contributed by atoms with Crippen molar-refractivity contribution in [3.63, 3.8) is 0 Å². The third-order valence-corrected chi connectivity index (χ3v) is 3.36. The van der Waals surface area contributed by atoms with Gasteiger partial charge in [0, 0.05) is 17.8 Å². The van der Waals surface area contributed by atoms with Crippen LogP contribution in [0.25, 0.3) is 11.3 Å². The molecule has 0 aliphatic rings. The van der Waals surface area contributed by atoms with E-state index in [1.54, 1.807) is 18.2 Å². The molecule has 1 aromatic carbocycles. The van der Waals surface area contributed by atoms with Crippen molar-refractivity contribution in [3.05, 3.63) is 29.5 Å². The molecule has 2 rings (SSSR count). The highest BCUT2D eigenvalue weighted by Gasteiger charge is 2.22.